The molecular weight excluding hydrogens is 452 g/mol. The minimum absolute atomic E-state index is 0.106. The van der Waals surface area contributed by atoms with Crippen molar-refractivity contribution in [1.82, 2.24) is 19.9 Å². The predicted molar refractivity (Wildman–Crippen MR) is 135 cm³/mol. The molecule has 0 radical (unpaired) electrons. The molecule has 170 valence electrons. The fourth-order valence-electron chi connectivity index (χ4n) is 4.20. The van der Waals surface area contributed by atoms with Crippen LogP contribution >= 0.6 is 23.1 Å². The maximum absolute atomic E-state index is 12.5. The first-order valence-corrected chi connectivity index (χ1v) is 13.0. The second kappa shape index (κ2) is 9.52. The van der Waals surface area contributed by atoms with Crippen molar-refractivity contribution in [1.29, 1.82) is 0 Å². The summed E-state index contributed by atoms with van der Waals surface area (Å²) in [4.78, 5) is 17.2. The topological polar surface area (TPSA) is 98.7 Å². The summed E-state index contributed by atoms with van der Waals surface area (Å²) in [5.74, 6) is 7.53. The first kappa shape index (κ1) is 21.9. The molecule has 1 aliphatic carbocycles. The van der Waals surface area contributed by atoms with E-state index in [0.29, 0.717) is 11.1 Å². The van der Waals surface area contributed by atoms with Gasteiger partial charge in [0.05, 0.1) is 16.0 Å². The van der Waals surface area contributed by atoms with Gasteiger partial charge in [0.15, 0.2) is 5.82 Å². The first-order chi connectivity index (χ1) is 16.1. The van der Waals surface area contributed by atoms with E-state index >= 15 is 0 Å². The molecule has 2 heterocycles. The molecule has 4 aromatic rings. The van der Waals surface area contributed by atoms with Gasteiger partial charge in [0.2, 0.25) is 11.1 Å². The Morgan fingerprint density at radius 1 is 1.15 bits per heavy atom. The number of nitrogen functional groups attached to an aromatic ring is 1. The number of thiazole rings is 1. The summed E-state index contributed by atoms with van der Waals surface area (Å²) in [6.07, 6.45) is 5.90. The fourth-order valence-corrected chi connectivity index (χ4v) is 5.94. The van der Waals surface area contributed by atoms with Crippen LogP contribution in [0.1, 0.15) is 49.4 Å². The summed E-state index contributed by atoms with van der Waals surface area (Å²) in [6.45, 7) is 2.08. The minimum Gasteiger partial charge on any atom is -0.336 e. The smallest absolute Gasteiger partial charge is 0.234 e. The molecule has 1 aliphatic rings. The van der Waals surface area contributed by atoms with Crippen molar-refractivity contribution in [2.24, 2.45) is 0 Å². The van der Waals surface area contributed by atoms with Crippen LogP contribution in [0.5, 0.6) is 0 Å². The van der Waals surface area contributed by atoms with Crippen molar-refractivity contribution >= 4 is 44.9 Å². The molecule has 1 saturated carbocycles. The summed E-state index contributed by atoms with van der Waals surface area (Å²) in [5.41, 5.74) is 4.02. The summed E-state index contributed by atoms with van der Waals surface area (Å²) in [6, 6.07) is 14.1. The Morgan fingerprint density at radius 2 is 1.94 bits per heavy atom. The summed E-state index contributed by atoms with van der Waals surface area (Å²) in [5, 5.41) is 13.0. The lowest BCUT2D eigenvalue weighted by Gasteiger charge is -2.20. The quantitative estimate of drug-likeness (QED) is 0.286. The molecule has 0 aliphatic heterocycles. The van der Waals surface area contributed by atoms with Gasteiger partial charge < -0.3 is 11.2 Å². The number of benzene rings is 2. The highest BCUT2D eigenvalue weighted by Crippen LogP contribution is 2.33. The molecule has 7 nitrogen and oxygen atoms in total. The zero-order chi connectivity index (χ0) is 22.8. The third kappa shape index (κ3) is 4.89. The molecule has 33 heavy (non-hydrogen) atoms. The number of fused-ring (bicyclic) bond motifs is 1. The molecule has 3 N–H and O–H groups in total. The Bertz CT molecular complexity index is 1270. The average molecular weight is 479 g/mol. The highest BCUT2D eigenvalue weighted by molar-refractivity contribution is 7.99. The largest absolute Gasteiger partial charge is 0.336 e. The maximum atomic E-state index is 12.5. The molecule has 0 unspecified atom stereocenters. The van der Waals surface area contributed by atoms with E-state index in [-0.39, 0.29) is 11.7 Å². The third-order valence-corrected chi connectivity index (χ3v) is 7.96. The Balaban J connectivity index is 1.18. The van der Waals surface area contributed by atoms with Crippen LogP contribution in [0.4, 0.5) is 5.69 Å². The molecule has 0 spiro atoms. The number of carbonyl (C=O) groups excluding carboxylic acids is 1. The zero-order valence-electron chi connectivity index (χ0n) is 18.5. The molecule has 2 aromatic heterocycles. The Hall–Kier alpha value is -2.91. The van der Waals surface area contributed by atoms with Crippen LogP contribution in [0.15, 0.2) is 47.6 Å². The third-order valence-electron chi connectivity index (χ3n) is 5.95. The number of amides is 1. The van der Waals surface area contributed by atoms with E-state index < -0.39 is 0 Å². The molecule has 0 atom stereocenters. The minimum atomic E-state index is -0.106. The lowest BCUT2D eigenvalue weighted by atomic mass is 9.89. The van der Waals surface area contributed by atoms with E-state index in [1.54, 1.807) is 16.0 Å². The standard InChI is InChI=1S/C24H26N6OS2/c1-15-7-12-19-20(13-15)33-23(27-19)17-8-10-18(11-9-17)26-21(31)14-32-24-29-28-22(30(24)25)16-5-3-2-4-6-16/h7-13,16H,2-6,14,25H2,1H3,(H,26,31). The van der Waals surface area contributed by atoms with Crippen LogP contribution in [0.25, 0.3) is 20.8 Å². The molecule has 2 aromatic carbocycles. The number of hydrogen-bond acceptors (Lipinski definition) is 7. The van der Waals surface area contributed by atoms with Gasteiger partial charge in [-0.3, -0.25) is 4.79 Å². The van der Waals surface area contributed by atoms with E-state index in [1.807, 2.05) is 24.3 Å². The van der Waals surface area contributed by atoms with Gasteiger partial charge in [0.25, 0.3) is 0 Å². The fraction of sp³-hybridized carbons (Fsp3) is 0.333. The number of rotatable bonds is 6. The lowest BCUT2D eigenvalue weighted by molar-refractivity contribution is -0.113. The van der Waals surface area contributed by atoms with Crippen LogP contribution < -0.4 is 11.2 Å². The van der Waals surface area contributed by atoms with Crippen LogP contribution in [0.2, 0.25) is 0 Å². The number of nitrogens with two attached hydrogens (primary N) is 1. The van der Waals surface area contributed by atoms with E-state index in [9.17, 15) is 4.79 Å². The number of anilines is 1. The molecule has 0 saturated heterocycles. The molecular formula is C24H26N6OS2. The van der Waals surface area contributed by atoms with E-state index in [1.165, 1.54) is 41.3 Å². The molecule has 1 fully saturated rings. The second-order valence-electron chi connectivity index (χ2n) is 8.45. The lowest BCUT2D eigenvalue weighted by Crippen LogP contribution is -2.19. The first-order valence-electron chi connectivity index (χ1n) is 11.2. The number of nitrogens with one attached hydrogen (secondary N) is 1. The van der Waals surface area contributed by atoms with E-state index in [0.717, 1.165) is 40.4 Å². The van der Waals surface area contributed by atoms with Gasteiger partial charge in [-0.15, -0.1) is 21.5 Å². The Morgan fingerprint density at radius 3 is 2.73 bits per heavy atom. The number of carbonyl (C=O) groups is 1. The van der Waals surface area contributed by atoms with Crippen LogP contribution in [-0.4, -0.2) is 31.5 Å². The molecule has 0 bridgehead atoms. The van der Waals surface area contributed by atoms with Crippen molar-refractivity contribution < 1.29 is 4.79 Å². The average Bonchev–Trinajstić information content (AvgIpc) is 3.41. The van der Waals surface area contributed by atoms with Gasteiger partial charge in [0, 0.05) is 17.2 Å². The summed E-state index contributed by atoms with van der Waals surface area (Å²) in [7, 11) is 0. The van der Waals surface area contributed by atoms with Crippen molar-refractivity contribution in [3.05, 3.63) is 53.9 Å². The highest BCUT2D eigenvalue weighted by Gasteiger charge is 2.22. The monoisotopic (exact) mass is 478 g/mol. The number of nitrogens with zero attached hydrogens (tertiary/aromatic N) is 4. The van der Waals surface area contributed by atoms with Crippen molar-refractivity contribution in [2.75, 3.05) is 16.9 Å². The van der Waals surface area contributed by atoms with Gasteiger partial charge in [-0.05, 0) is 61.7 Å². The van der Waals surface area contributed by atoms with E-state index in [2.05, 4.69) is 40.6 Å². The maximum Gasteiger partial charge on any atom is 0.234 e. The second-order valence-corrected chi connectivity index (χ2v) is 10.4. The molecule has 9 heteroatoms. The number of hydrogen-bond donors (Lipinski definition) is 2. The Labute approximate surface area is 200 Å². The normalized spacial score (nSPS) is 14.6. The number of aromatic nitrogens is 4. The van der Waals surface area contributed by atoms with Gasteiger partial charge in [-0.25, -0.2) is 9.66 Å². The zero-order valence-corrected chi connectivity index (χ0v) is 20.1. The SMILES string of the molecule is Cc1ccc2nc(-c3ccc(NC(=O)CSc4nnc(C5CCCCC5)n4N)cc3)sc2c1. The number of thioether (sulfide) groups is 1. The van der Waals surface area contributed by atoms with E-state index in [4.69, 9.17) is 10.8 Å². The van der Waals surface area contributed by atoms with Crippen molar-refractivity contribution in [3.8, 4) is 10.6 Å². The predicted octanol–water partition coefficient (Wildman–Crippen LogP) is 5.36. The van der Waals surface area contributed by atoms with Crippen LogP contribution in [-0.2, 0) is 4.79 Å². The van der Waals surface area contributed by atoms with Crippen LogP contribution in [0.3, 0.4) is 0 Å². The number of aryl methyl sites for hydroxylation is 1. The van der Waals surface area contributed by atoms with Gasteiger partial charge in [-0.2, -0.15) is 0 Å². The Kier molecular flexibility index (Phi) is 6.32. The van der Waals surface area contributed by atoms with Gasteiger partial charge >= 0.3 is 0 Å². The van der Waals surface area contributed by atoms with Crippen LogP contribution in [0, 0.1) is 6.92 Å². The molecule has 1 amide bonds. The highest BCUT2D eigenvalue weighted by atomic mass is 32.2. The van der Waals surface area contributed by atoms with Gasteiger partial charge in [0.1, 0.15) is 5.01 Å². The van der Waals surface area contributed by atoms with Crippen molar-refractivity contribution in [2.45, 2.75) is 50.1 Å². The summed E-state index contributed by atoms with van der Waals surface area (Å²) >= 11 is 2.98. The molecule has 5 rings (SSSR count). The summed E-state index contributed by atoms with van der Waals surface area (Å²) < 4.78 is 2.74. The van der Waals surface area contributed by atoms with Crippen molar-refractivity contribution in [3.63, 3.8) is 0 Å². The van der Waals surface area contributed by atoms with Gasteiger partial charge in [-0.1, -0.05) is 37.1 Å².